The Labute approximate surface area is 295 Å². The van der Waals surface area contributed by atoms with E-state index in [1.807, 2.05) is 0 Å². The largest absolute Gasteiger partial charge is 0.334 e. The Balaban J connectivity index is 1.33. The van der Waals surface area contributed by atoms with Crippen LogP contribution in [0, 0.1) is 16.7 Å². The summed E-state index contributed by atoms with van der Waals surface area (Å²) in [6.45, 7) is 23.9. The molecular formula is C48H55N. The topological polar surface area (TPSA) is 3.24 Å². The molecule has 1 heteroatoms. The molecule has 0 radical (unpaired) electrons. The van der Waals surface area contributed by atoms with Gasteiger partial charge in [-0.05, 0) is 122 Å². The van der Waals surface area contributed by atoms with Crippen molar-refractivity contribution in [2.45, 2.75) is 112 Å². The third-order valence-electron chi connectivity index (χ3n) is 12.6. The van der Waals surface area contributed by atoms with Gasteiger partial charge in [0.2, 0.25) is 0 Å². The van der Waals surface area contributed by atoms with E-state index in [1.54, 1.807) is 0 Å². The molecule has 0 N–H and O–H groups in total. The molecule has 0 bridgehead atoms. The molecule has 1 nitrogen and oxygen atoms in total. The third-order valence-corrected chi connectivity index (χ3v) is 12.6. The molecule has 0 saturated carbocycles. The van der Waals surface area contributed by atoms with E-state index in [0.29, 0.717) is 5.92 Å². The molecule has 5 aliphatic rings. The van der Waals surface area contributed by atoms with E-state index < -0.39 is 0 Å². The van der Waals surface area contributed by atoms with Gasteiger partial charge < -0.3 is 4.90 Å². The van der Waals surface area contributed by atoms with Gasteiger partial charge >= 0.3 is 0 Å². The number of hydrogen-bond acceptors (Lipinski definition) is 1. The van der Waals surface area contributed by atoms with Crippen molar-refractivity contribution in [1.82, 2.24) is 0 Å². The van der Waals surface area contributed by atoms with Gasteiger partial charge in [0.05, 0.1) is 6.04 Å². The summed E-state index contributed by atoms with van der Waals surface area (Å²) in [5.41, 5.74) is 16.0. The van der Waals surface area contributed by atoms with Crippen LogP contribution in [0.1, 0.15) is 117 Å². The number of allylic oxidation sites excluding steroid dienone is 5. The fourth-order valence-electron chi connectivity index (χ4n) is 9.48. The lowest BCUT2D eigenvalue weighted by Crippen LogP contribution is -2.42. The van der Waals surface area contributed by atoms with Gasteiger partial charge in [-0.3, -0.25) is 0 Å². The Morgan fingerprint density at radius 2 is 1.31 bits per heavy atom. The van der Waals surface area contributed by atoms with Crippen molar-refractivity contribution in [3.8, 4) is 22.3 Å². The zero-order valence-corrected chi connectivity index (χ0v) is 31.6. The summed E-state index contributed by atoms with van der Waals surface area (Å²) in [5, 5.41) is 2.87. The minimum Gasteiger partial charge on any atom is -0.334 e. The molecular weight excluding hydrogens is 591 g/mol. The van der Waals surface area contributed by atoms with Crippen molar-refractivity contribution in [3.05, 3.63) is 123 Å². The van der Waals surface area contributed by atoms with Crippen molar-refractivity contribution in [3.63, 3.8) is 0 Å². The monoisotopic (exact) mass is 645 g/mol. The summed E-state index contributed by atoms with van der Waals surface area (Å²) < 4.78 is 0. The SMILES string of the molecule is CC(C)(C)C1=CCC(N(C2=CCC(C(C)(C)C)C=C2)c2cc3c(c4c2=CCCC=4)-c2cc4c(cc2C3(C)C)-c2ccccc2C4(C)C)C=C1. The minimum absolute atomic E-state index is 0.0159. The van der Waals surface area contributed by atoms with Gasteiger partial charge in [-0.25, -0.2) is 0 Å². The molecule has 3 aromatic carbocycles. The summed E-state index contributed by atoms with van der Waals surface area (Å²) in [7, 11) is 0. The summed E-state index contributed by atoms with van der Waals surface area (Å²) >= 11 is 0. The van der Waals surface area contributed by atoms with Gasteiger partial charge in [0.25, 0.3) is 0 Å². The maximum absolute atomic E-state index is 2.70. The smallest absolute Gasteiger partial charge is 0.0560 e. The van der Waals surface area contributed by atoms with Gasteiger partial charge in [0.1, 0.15) is 0 Å². The number of nitrogens with zero attached hydrogens (tertiary/aromatic N) is 1. The second-order valence-electron chi connectivity index (χ2n) is 18.5. The van der Waals surface area contributed by atoms with Crippen LogP contribution in [0.15, 0.2) is 90.2 Å². The molecule has 5 aliphatic carbocycles. The maximum Gasteiger partial charge on any atom is 0.0560 e. The van der Waals surface area contributed by atoms with Crippen LogP contribution < -0.4 is 15.3 Å². The van der Waals surface area contributed by atoms with Crippen LogP contribution in [-0.4, -0.2) is 6.04 Å². The van der Waals surface area contributed by atoms with Gasteiger partial charge in [0.15, 0.2) is 0 Å². The molecule has 252 valence electrons. The van der Waals surface area contributed by atoms with Gasteiger partial charge in [-0.1, -0.05) is 136 Å². The first kappa shape index (κ1) is 32.4. The van der Waals surface area contributed by atoms with Crippen LogP contribution in [0.25, 0.3) is 34.4 Å². The standard InChI is InChI=1S/C48H55N/c1-45(2,3)30-19-23-32(24-20-30)49(33-25-21-31(22-26-33)46(4,5)6)43-29-42-44(36-17-12-11-16-35(36)43)38-28-40-37(27-41(38)48(42,9)10)34-15-13-14-18-39(34)47(40,7)8/h13-21,23,25-29,31-32H,11-12,22,24H2,1-10H3. The van der Waals surface area contributed by atoms with Gasteiger partial charge in [-0.15, -0.1) is 0 Å². The van der Waals surface area contributed by atoms with Crippen LogP contribution in [0.2, 0.25) is 0 Å². The lowest BCUT2D eigenvalue weighted by Gasteiger charge is -2.39. The van der Waals surface area contributed by atoms with Crippen molar-refractivity contribution in [1.29, 1.82) is 0 Å². The molecule has 0 aliphatic heterocycles. The van der Waals surface area contributed by atoms with E-state index in [4.69, 9.17) is 0 Å². The Morgan fingerprint density at radius 1 is 0.633 bits per heavy atom. The highest BCUT2D eigenvalue weighted by Gasteiger charge is 2.43. The fourth-order valence-corrected chi connectivity index (χ4v) is 9.48. The molecule has 0 amide bonds. The maximum atomic E-state index is 2.70. The Kier molecular flexibility index (Phi) is 7.15. The van der Waals surface area contributed by atoms with Crippen LogP contribution in [-0.2, 0) is 10.8 Å². The highest BCUT2D eigenvalue weighted by atomic mass is 15.2. The van der Waals surface area contributed by atoms with E-state index >= 15 is 0 Å². The first-order chi connectivity index (χ1) is 23.1. The Bertz CT molecular complexity index is 2140. The first-order valence-corrected chi connectivity index (χ1v) is 18.8. The van der Waals surface area contributed by atoms with E-state index in [1.165, 1.54) is 71.9 Å². The molecule has 3 aromatic rings. The minimum atomic E-state index is -0.113. The number of rotatable bonds is 3. The van der Waals surface area contributed by atoms with Gasteiger partial charge in [-0.2, -0.15) is 0 Å². The van der Waals surface area contributed by atoms with Crippen molar-refractivity contribution < 1.29 is 0 Å². The molecule has 8 rings (SSSR count). The second-order valence-corrected chi connectivity index (χ2v) is 18.5. The molecule has 49 heavy (non-hydrogen) atoms. The summed E-state index contributed by atoms with van der Waals surface area (Å²) in [6, 6.07) is 17.1. The number of fused-ring (bicyclic) bond motifs is 8. The first-order valence-electron chi connectivity index (χ1n) is 18.8. The molecule has 0 heterocycles. The highest BCUT2D eigenvalue weighted by molar-refractivity contribution is 5.91. The fraction of sp³-hybridized carbons (Fsp3) is 0.417. The van der Waals surface area contributed by atoms with Gasteiger partial charge in [0, 0.05) is 27.4 Å². The zero-order valence-electron chi connectivity index (χ0n) is 31.6. The lowest BCUT2D eigenvalue weighted by atomic mass is 9.76. The van der Waals surface area contributed by atoms with E-state index in [9.17, 15) is 0 Å². The molecule has 0 spiro atoms. The normalized spacial score (nSPS) is 22.5. The highest BCUT2D eigenvalue weighted by Crippen LogP contribution is 2.55. The average Bonchev–Trinajstić information content (AvgIpc) is 3.43. The number of benzene rings is 3. The van der Waals surface area contributed by atoms with Crippen LogP contribution in [0.4, 0.5) is 5.69 Å². The summed E-state index contributed by atoms with van der Waals surface area (Å²) in [4.78, 5) is 2.70. The average molecular weight is 646 g/mol. The third kappa shape index (κ3) is 4.93. The van der Waals surface area contributed by atoms with Crippen LogP contribution >= 0.6 is 0 Å². The quantitative estimate of drug-likeness (QED) is 0.274. The van der Waals surface area contributed by atoms with Crippen LogP contribution in [0.5, 0.6) is 0 Å². The van der Waals surface area contributed by atoms with E-state index in [-0.39, 0.29) is 27.7 Å². The number of anilines is 1. The summed E-state index contributed by atoms with van der Waals surface area (Å²) in [5.74, 6) is 0.547. The molecule has 0 fully saturated rings. The summed E-state index contributed by atoms with van der Waals surface area (Å²) in [6.07, 6.45) is 24.2. The molecule has 0 saturated heterocycles. The van der Waals surface area contributed by atoms with Crippen molar-refractivity contribution >= 4 is 17.8 Å². The molecule has 2 unspecified atom stereocenters. The van der Waals surface area contributed by atoms with E-state index in [2.05, 4.69) is 165 Å². The number of hydrogen-bond donors (Lipinski definition) is 0. The second kappa shape index (κ2) is 10.8. The van der Waals surface area contributed by atoms with Crippen molar-refractivity contribution in [2.75, 3.05) is 4.90 Å². The van der Waals surface area contributed by atoms with Crippen molar-refractivity contribution in [2.24, 2.45) is 16.7 Å². The predicted molar refractivity (Wildman–Crippen MR) is 211 cm³/mol. The van der Waals surface area contributed by atoms with E-state index in [0.717, 1.165) is 25.7 Å². The Hall–Kier alpha value is -3.84. The predicted octanol–water partition coefficient (Wildman–Crippen LogP) is 11.3. The molecule has 2 atom stereocenters. The zero-order chi connectivity index (χ0) is 34.7. The Morgan fingerprint density at radius 3 is 1.96 bits per heavy atom. The molecule has 0 aromatic heterocycles. The lowest BCUT2D eigenvalue weighted by molar-refractivity contribution is 0.293. The van der Waals surface area contributed by atoms with Crippen LogP contribution in [0.3, 0.4) is 0 Å².